The van der Waals surface area contributed by atoms with Gasteiger partial charge in [0.1, 0.15) is 0 Å². The number of aliphatic hydroxyl groups is 1. The van der Waals surface area contributed by atoms with E-state index in [-0.39, 0.29) is 22.9 Å². The van der Waals surface area contributed by atoms with Crippen molar-refractivity contribution in [2.75, 3.05) is 0 Å². The molecule has 128 valence electrons. The molecular weight excluding hydrogens is 288 g/mol. The Hall–Kier alpha value is -0.700. The molecule has 0 aromatic rings. The van der Waals surface area contributed by atoms with Gasteiger partial charge in [-0.2, -0.15) is 0 Å². The third-order valence-corrected chi connectivity index (χ3v) is 8.59. The van der Waals surface area contributed by atoms with Crippen molar-refractivity contribution in [2.45, 2.75) is 77.2 Å². The lowest BCUT2D eigenvalue weighted by Gasteiger charge is -2.56. The van der Waals surface area contributed by atoms with E-state index in [1.165, 1.54) is 0 Å². The number of fused-ring (bicyclic) bond motifs is 5. The van der Waals surface area contributed by atoms with Gasteiger partial charge in [-0.1, -0.05) is 13.8 Å². The zero-order chi connectivity index (χ0) is 16.4. The molecular formula is C20H30O3. The summed E-state index contributed by atoms with van der Waals surface area (Å²) in [6.45, 7) is 4.45. The first-order chi connectivity index (χ1) is 10.9. The van der Waals surface area contributed by atoms with Crippen LogP contribution in [0, 0.1) is 35.0 Å². The molecule has 0 aromatic carbocycles. The molecule has 3 heteroatoms. The summed E-state index contributed by atoms with van der Waals surface area (Å²) in [6.07, 6.45) is 8.58. The number of Topliss-reactive ketones (excluding diaryl/α,β-unsaturated/α-hetero) is 2. The number of hydrogen-bond donors (Lipinski definition) is 1. The van der Waals surface area contributed by atoms with E-state index in [9.17, 15) is 14.7 Å². The van der Waals surface area contributed by atoms with Crippen molar-refractivity contribution in [2.24, 2.45) is 35.0 Å². The van der Waals surface area contributed by atoms with E-state index < -0.39 is 5.60 Å². The third kappa shape index (κ3) is 1.98. The van der Waals surface area contributed by atoms with Crippen LogP contribution in [0.1, 0.15) is 71.6 Å². The molecule has 4 aliphatic carbocycles. The lowest BCUT2D eigenvalue weighted by molar-refractivity contribution is -0.153. The van der Waals surface area contributed by atoms with E-state index in [1.54, 1.807) is 0 Å². The summed E-state index contributed by atoms with van der Waals surface area (Å²) in [5.74, 6) is 2.17. The van der Waals surface area contributed by atoms with E-state index in [1.807, 2.05) is 0 Å². The van der Waals surface area contributed by atoms with Crippen molar-refractivity contribution < 1.29 is 14.7 Å². The van der Waals surface area contributed by atoms with Crippen LogP contribution in [0.2, 0.25) is 0 Å². The first kappa shape index (κ1) is 15.8. The normalized spacial score (nSPS) is 52.7. The molecule has 0 saturated heterocycles. The van der Waals surface area contributed by atoms with Crippen LogP contribution in [0.3, 0.4) is 0 Å². The lowest BCUT2D eigenvalue weighted by atomic mass is 9.49. The van der Waals surface area contributed by atoms with Crippen molar-refractivity contribution in [3.63, 3.8) is 0 Å². The number of carbonyl (C=O) groups is 2. The monoisotopic (exact) mass is 318 g/mol. The van der Waals surface area contributed by atoms with Gasteiger partial charge in [0, 0.05) is 12.3 Å². The quantitative estimate of drug-likeness (QED) is 0.753. The molecule has 3 nitrogen and oxygen atoms in total. The molecule has 7 atom stereocenters. The van der Waals surface area contributed by atoms with Gasteiger partial charge >= 0.3 is 0 Å². The molecule has 0 amide bonds. The summed E-state index contributed by atoms with van der Waals surface area (Å²) in [5, 5.41) is 11.2. The fourth-order valence-electron chi connectivity index (χ4n) is 7.21. The Labute approximate surface area is 139 Å². The molecule has 4 aliphatic rings. The van der Waals surface area contributed by atoms with Crippen molar-refractivity contribution in [3.05, 3.63) is 0 Å². The Balaban J connectivity index is 1.61. The zero-order valence-corrected chi connectivity index (χ0v) is 14.5. The van der Waals surface area contributed by atoms with E-state index in [0.29, 0.717) is 30.1 Å². The van der Waals surface area contributed by atoms with Crippen LogP contribution in [-0.2, 0) is 9.59 Å². The molecule has 0 heterocycles. The van der Waals surface area contributed by atoms with Gasteiger partial charge in [-0.25, -0.2) is 0 Å². The summed E-state index contributed by atoms with van der Waals surface area (Å²) in [4.78, 5) is 24.1. The molecule has 1 unspecified atom stereocenters. The minimum atomic E-state index is -0.488. The van der Waals surface area contributed by atoms with Crippen molar-refractivity contribution in [3.8, 4) is 0 Å². The molecule has 0 aliphatic heterocycles. The molecule has 0 spiro atoms. The van der Waals surface area contributed by atoms with Gasteiger partial charge in [0.25, 0.3) is 0 Å². The van der Waals surface area contributed by atoms with Crippen LogP contribution in [0.5, 0.6) is 0 Å². The van der Waals surface area contributed by atoms with E-state index >= 15 is 0 Å². The van der Waals surface area contributed by atoms with Gasteiger partial charge in [0.05, 0.1) is 5.60 Å². The molecule has 4 fully saturated rings. The van der Waals surface area contributed by atoms with E-state index in [2.05, 4.69) is 13.8 Å². The van der Waals surface area contributed by atoms with Gasteiger partial charge in [-0.3, -0.25) is 9.59 Å². The second-order valence-corrected chi connectivity index (χ2v) is 8.99. The summed E-state index contributed by atoms with van der Waals surface area (Å²) < 4.78 is 0. The Morgan fingerprint density at radius 3 is 2.52 bits per heavy atom. The Bertz CT molecular complexity index is 541. The molecule has 4 saturated carbocycles. The highest BCUT2D eigenvalue weighted by Crippen LogP contribution is 2.65. The second kappa shape index (κ2) is 5.15. The fraction of sp³-hybridized carbons (Fsp3) is 0.900. The van der Waals surface area contributed by atoms with Gasteiger partial charge in [-0.15, -0.1) is 0 Å². The summed E-state index contributed by atoms with van der Waals surface area (Å²) in [6, 6.07) is 0. The van der Waals surface area contributed by atoms with Crippen LogP contribution in [-0.4, -0.2) is 22.3 Å². The third-order valence-electron chi connectivity index (χ3n) is 8.59. The van der Waals surface area contributed by atoms with E-state index in [4.69, 9.17) is 0 Å². The van der Waals surface area contributed by atoms with Gasteiger partial charge in [0.15, 0.2) is 5.78 Å². The first-order valence-electron chi connectivity index (χ1n) is 9.71. The highest BCUT2D eigenvalue weighted by atomic mass is 16.3. The van der Waals surface area contributed by atoms with Gasteiger partial charge in [0.2, 0.25) is 5.78 Å². The highest BCUT2D eigenvalue weighted by Gasteiger charge is 2.62. The Morgan fingerprint density at radius 1 is 1.00 bits per heavy atom. The Kier molecular flexibility index (Phi) is 3.54. The van der Waals surface area contributed by atoms with Crippen molar-refractivity contribution in [1.29, 1.82) is 0 Å². The molecule has 0 bridgehead atoms. The molecule has 23 heavy (non-hydrogen) atoms. The summed E-state index contributed by atoms with van der Waals surface area (Å²) in [5.41, 5.74) is -0.428. The molecule has 1 N–H and O–H groups in total. The van der Waals surface area contributed by atoms with Crippen molar-refractivity contribution in [1.82, 2.24) is 0 Å². The summed E-state index contributed by atoms with van der Waals surface area (Å²) in [7, 11) is 0. The smallest absolute Gasteiger partial charge is 0.201 e. The maximum Gasteiger partial charge on any atom is 0.201 e. The van der Waals surface area contributed by atoms with Crippen LogP contribution >= 0.6 is 0 Å². The minimum absolute atomic E-state index is 0.0216. The number of hydrogen-bond acceptors (Lipinski definition) is 3. The maximum atomic E-state index is 12.3. The lowest BCUT2D eigenvalue weighted by Crippen LogP contribution is -2.54. The van der Waals surface area contributed by atoms with Crippen molar-refractivity contribution >= 4 is 11.6 Å². The van der Waals surface area contributed by atoms with E-state index in [0.717, 1.165) is 51.4 Å². The first-order valence-corrected chi connectivity index (χ1v) is 9.71. The average Bonchev–Trinajstić information content (AvgIpc) is 2.83. The Morgan fingerprint density at radius 2 is 1.78 bits per heavy atom. The average molecular weight is 318 g/mol. The predicted octanol–water partition coefficient (Wildman–Crippen LogP) is 3.53. The van der Waals surface area contributed by atoms with Crippen LogP contribution < -0.4 is 0 Å². The molecule has 4 rings (SSSR count). The minimum Gasteiger partial charge on any atom is -0.389 e. The van der Waals surface area contributed by atoms with Crippen LogP contribution in [0.4, 0.5) is 0 Å². The maximum absolute atomic E-state index is 12.3. The molecule has 0 radical (unpaired) electrons. The van der Waals surface area contributed by atoms with Crippen LogP contribution in [0.25, 0.3) is 0 Å². The topological polar surface area (TPSA) is 54.4 Å². The fourth-order valence-corrected chi connectivity index (χ4v) is 7.21. The highest BCUT2D eigenvalue weighted by molar-refractivity contribution is 6.38. The molecule has 0 aromatic heterocycles. The SMILES string of the molecule is CC[C@]1(O)CC[C@H]2[C@@H]3CCC4C(=O)C(=O)CC[C@@H]4[C@H]3CC[C@@]21C. The van der Waals surface area contributed by atoms with Gasteiger partial charge < -0.3 is 5.11 Å². The van der Waals surface area contributed by atoms with Gasteiger partial charge in [-0.05, 0) is 80.5 Å². The number of carbonyl (C=O) groups excluding carboxylic acids is 2. The standard InChI is InChI=1S/C20H30O3/c1-3-20(23)11-9-16-14-4-5-15-12(6-7-17(21)18(15)22)13(14)8-10-19(16,20)2/h12-16,23H,3-11H2,1-2H3/t12-,13-,14-,15?,16+,19+,20+/m1/s1. The number of ketones is 2. The number of rotatable bonds is 1. The summed E-state index contributed by atoms with van der Waals surface area (Å²) >= 11 is 0. The predicted molar refractivity (Wildman–Crippen MR) is 87.7 cm³/mol. The zero-order valence-electron chi connectivity index (χ0n) is 14.5. The largest absolute Gasteiger partial charge is 0.389 e. The van der Waals surface area contributed by atoms with Crippen LogP contribution in [0.15, 0.2) is 0 Å². The second-order valence-electron chi connectivity index (χ2n) is 8.99.